The number of nitrogens with one attached hydrogen (secondary N) is 2. The molecule has 0 atom stereocenters. The summed E-state index contributed by atoms with van der Waals surface area (Å²) in [4.78, 5) is 16.5. The quantitative estimate of drug-likeness (QED) is 0.915. The van der Waals surface area contributed by atoms with Crippen LogP contribution in [0, 0.1) is 0 Å². The molecule has 0 bridgehead atoms. The minimum absolute atomic E-state index is 0.162. The van der Waals surface area contributed by atoms with Gasteiger partial charge in [0.1, 0.15) is 5.84 Å². The molecule has 2 aromatic rings. The number of anilines is 1. The number of amides is 1. The van der Waals surface area contributed by atoms with Crippen molar-refractivity contribution in [1.29, 1.82) is 0 Å². The summed E-state index contributed by atoms with van der Waals surface area (Å²) in [6.07, 6.45) is 0. The first kappa shape index (κ1) is 13.6. The number of hydrogen-bond acceptors (Lipinski definition) is 3. The Morgan fingerprint density at radius 2 is 2.00 bits per heavy atom. The SMILES string of the molecule is O=C(Nc1cccc(C2=NCCN2)c1)c1ccc(Cl)cc1. The van der Waals surface area contributed by atoms with Crippen molar-refractivity contribution < 1.29 is 4.79 Å². The number of aliphatic imine (C=N–C) groups is 1. The zero-order valence-electron chi connectivity index (χ0n) is 11.3. The van der Waals surface area contributed by atoms with Crippen LogP contribution in [0.5, 0.6) is 0 Å². The van der Waals surface area contributed by atoms with Crippen molar-refractivity contribution in [3.63, 3.8) is 0 Å². The molecule has 3 rings (SSSR count). The average Bonchev–Trinajstić information content (AvgIpc) is 3.02. The standard InChI is InChI=1S/C16H14ClN3O/c17-13-6-4-11(5-7-13)16(21)20-14-3-1-2-12(10-14)15-18-8-9-19-15/h1-7,10H,8-9H2,(H,18,19)(H,20,21). The van der Waals surface area contributed by atoms with Crippen LogP contribution in [0.3, 0.4) is 0 Å². The van der Waals surface area contributed by atoms with Crippen molar-refractivity contribution in [2.45, 2.75) is 0 Å². The Bertz CT molecular complexity index is 695. The van der Waals surface area contributed by atoms with E-state index in [-0.39, 0.29) is 5.91 Å². The Hall–Kier alpha value is -2.33. The Morgan fingerprint density at radius 1 is 1.19 bits per heavy atom. The van der Waals surface area contributed by atoms with Crippen LogP contribution in [0.4, 0.5) is 5.69 Å². The van der Waals surface area contributed by atoms with Gasteiger partial charge in [0.25, 0.3) is 5.91 Å². The molecule has 0 unspecified atom stereocenters. The van der Waals surface area contributed by atoms with Crippen LogP contribution in [0.25, 0.3) is 0 Å². The van der Waals surface area contributed by atoms with E-state index in [9.17, 15) is 4.79 Å². The molecule has 4 nitrogen and oxygen atoms in total. The summed E-state index contributed by atoms with van der Waals surface area (Å²) in [7, 11) is 0. The molecule has 106 valence electrons. The number of hydrogen-bond donors (Lipinski definition) is 2. The molecule has 0 radical (unpaired) electrons. The van der Waals surface area contributed by atoms with Crippen LogP contribution in [0.1, 0.15) is 15.9 Å². The highest BCUT2D eigenvalue weighted by Crippen LogP contribution is 2.15. The topological polar surface area (TPSA) is 53.5 Å². The van der Waals surface area contributed by atoms with Crippen molar-refractivity contribution in [2.75, 3.05) is 18.4 Å². The van der Waals surface area contributed by atoms with Crippen LogP contribution in [-0.2, 0) is 0 Å². The molecule has 0 saturated carbocycles. The molecule has 1 amide bonds. The van der Waals surface area contributed by atoms with Gasteiger partial charge in [-0.05, 0) is 36.4 Å². The van der Waals surface area contributed by atoms with Crippen molar-refractivity contribution >= 4 is 29.0 Å². The summed E-state index contributed by atoms with van der Waals surface area (Å²) in [6, 6.07) is 14.4. The first-order valence-corrected chi connectivity index (χ1v) is 7.06. The first-order valence-electron chi connectivity index (χ1n) is 6.68. The number of carbonyl (C=O) groups excluding carboxylic acids is 1. The largest absolute Gasteiger partial charge is 0.368 e. The Balaban J connectivity index is 1.77. The van der Waals surface area contributed by atoms with Crippen LogP contribution < -0.4 is 10.6 Å². The maximum atomic E-state index is 12.2. The van der Waals surface area contributed by atoms with E-state index in [4.69, 9.17) is 11.6 Å². The van der Waals surface area contributed by atoms with E-state index in [1.807, 2.05) is 24.3 Å². The minimum Gasteiger partial charge on any atom is -0.368 e. The molecule has 2 aromatic carbocycles. The van der Waals surface area contributed by atoms with Gasteiger partial charge in [0, 0.05) is 28.4 Å². The van der Waals surface area contributed by atoms with Gasteiger partial charge in [0.15, 0.2) is 0 Å². The molecule has 1 aliphatic rings. The lowest BCUT2D eigenvalue weighted by molar-refractivity contribution is 0.102. The molecule has 5 heteroatoms. The number of rotatable bonds is 3. The molecule has 0 aromatic heterocycles. The van der Waals surface area contributed by atoms with E-state index < -0.39 is 0 Å². The smallest absolute Gasteiger partial charge is 0.255 e. The van der Waals surface area contributed by atoms with Gasteiger partial charge in [-0.2, -0.15) is 0 Å². The third-order valence-electron chi connectivity index (χ3n) is 3.17. The van der Waals surface area contributed by atoms with Crippen molar-refractivity contribution in [3.8, 4) is 0 Å². The third kappa shape index (κ3) is 3.23. The summed E-state index contributed by atoms with van der Waals surface area (Å²) in [5.74, 6) is 0.711. The van der Waals surface area contributed by atoms with E-state index in [1.54, 1.807) is 24.3 Å². The highest BCUT2D eigenvalue weighted by molar-refractivity contribution is 6.30. The predicted molar refractivity (Wildman–Crippen MR) is 85.3 cm³/mol. The van der Waals surface area contributed by atoms with Gasteiger partial charge < -0.3 is 10.6 Å². The Kier molecular flexibility index (Phi) is 3.88. The molecule has 2 N–H and O–H groups in total. The Labute approximate surface area is 127 Å². The van der Waals surface area contributed by atoms with Gasteiger partial charge >= 0.3 is 0 Å². The lowest BCUT2D eigenvalue weighted by Crippen LogP contribution is -2.19. The molecule has 21 heavy (non-hydrogen) atoms. The molecular formula is C16H14ClN3O. The van der Waals surface area contributed by atoms with Crippen LogP contribution in [0.15, 0.2) is 53.5 Å². The molecule has 1 aliphatic heterocycles. The lowest BCUT2D eigenvalue weighted by Gasteiger charge is -2.08. The maximum Gasteiger partial charge on any atom is 0.255 e. The van der Waals surface area contributed by atoms with Gasteiger partial charge in [-0.3, -0.25) is 9.79 Å². The van der Waals surface area contributed by atoms with Gasteiger partial charge in [0.2, 0.25) is 0 Å². The van der Waals surface area contributed by atoms with Gasteiger partial charge in [-0.15, -0.1) is 0 Å². The number of carbonyl (C=O) groups is 1. The van der Waals surface area contributed by atoms with Gasteiger partial charge in [-0.1, -0.05) is 23.7 Å². The second kappa shape index (κ2) is 5.97. The maximum absolute atomic E-state index is 12.2. The molecule has 0 aliphatic carbocycles. The molecule has 1 heterocycles. The number of halogens is 1. The van der Waals surface area contributed by atoms with Gasteiger partial charge in [0.05, 0.1) is 6.54 Å². The molecular weight excluding hydrogens is 286 g/mol. The third-order valence-corrected chi connectivity index (χ3v) is 3.43. The van der Waals surface area contributed by atoms with Crippen molar-refractivity contribution in [3.05, 3.63) is 64.7 Å². The fraction of sp³-hybridized carbons (Fsp3) is 0.125. The second-order valence-electron chi connectivity index (χ2n) is 4.70. The van der Waals surface area contributed by atoms with E-state index in [0.717, 1.165) is 30.2 Å². The monoisotopic (exact) mass is 299 g/mol. The highest BCUT2D eigenvalue weighted by atomic mass is 35.5. The normalized spacial score (nSPS) is 13.5. The summed E-state index contributed by atoms with van der Waals surface area (Å²) in [5.41, 5.74) is 2.28. The second-order valence-corrected chi connectivity index (χ2v) is 5.14. The minimum atomic E-state index is -0.162. The summed E-state index contributed by atoms with van der Waals surface area (Å²) >= 11 is 5.82. The van der Waals surface area contributed by atoms with E-state index >= 15 is 0 Å². The number of amidine groups is 1. The lowest BCUT2D eigenvalue weighted by atomic mass is 10.1. The van der Waals surface area contributed by atoms with Crippen LogP contribution in [-0.4, -0.2) is 24.8 Å². The fourth-order valence-electron chi connectivity index (χ4n) is 2.14. The number of benzene rings is 2. The molecule has 0 fully saturated rings. The van der Waals surface area contributed by atoms with E-state index in [0.29, 0.717) is 10.6 Å². The first-order chi connectivity index (χ1) is 10.2. The van der Waals surface area contributed by atoms with Crippen LogP contribution >= 0.6 is 11.6 Å². The molecule has 0 spiro atoms. The molecule has 0 saturated heterocycles. The van der Waals surface area contributed by atoms with Gasteiger partial charge in [-0.25, -0.2) is 0 Å². The summed E-state index contributed by atoms with van der Waals surface area (Å²) < 4.78 is 0. The zero-order chi connectivity index (χ0) is 14.7. The van der Waals surface area contributed by atoms with E-state index in [1.165, 1.54) is 0 Å². The predicted octanol–water partition coefficient (Wildman–Crippen LogP) is 2.94. The zero-order valence-corrected chi connectivity index (χ0v) is 12.0. The average molecular weight is 300 g/mol. The highest BCUT2D eigenvalue weighted by Gasteiger charge is 2.10. The fourth-order valence-corrected chi connectivity index (χ4v) is 2.27. The van der Waals surface area contributed by atoms with Crippen molar-refractivity contribution in [1.82, 2.24) is 5.32 Å². The summed E-state index contributed by atoms with van der Waals surface area (Å²) in [5, 5.41) is 6.70. The Morgan fingerprint density at radius 3 is 2.71 bits per heavy atom. The number of nitrogens with zero attached hydrogens (tertiary/aromatic N) is 1. The van der Waals surface area contributed by atoms with E-state index in [2.05, 4.69) is 15.6 Å². The van der Waals surface area contributed by atoms with Crippen molar-refractivity contribution in [2.24, 2.45) is 4.99 Å². The van der Waals surface area contributed by atoms with Crippen LogP contribution in [0.2, 0.25) is 5.02 Å². The summed E-state index contributed by atoms with van der Waals surface area (Å²) in [6.45, 7) is 1.65.